The smallest absolute Gasteiger partial charge is 0.248 e. The van der Waals surface area contributed by atoms with Crippen molar-refractivity contribution in [3.05, 3.63) is 58.1 Å². The zero-order chi connectivity index (χ0) is 24.8. The Balaban J connectivity index is 1.45. The summed E-state index contributed by atoms with van der Waals surface area (Å²) in [7, 11) is 6.04. The number of hydrogen-bond donors (Lipinski definition) is 0. The second-order valence-corrected chi connectivity index (χ2v) is 10.6. The van der Waals surface area contributed by atoms with E-state index in [4.69, 9.17) is 9.47 Å². The first-order valence-electron chi connectivity index (χ1n) is 11.6. The lowest BCUT2D eigenvalue weighted by Gasteiger charge is -2.26. The molecule has 0 saturated carbocycles. The summed E-state index contributed by atoms with van der Waals surface area (Å²) in [6.45, 7) is 7.24. The zero-order valence-corrected chi connectivity index (χ0v) is 22.0. The van der Waals surface area contributed by atoms with Crippen molar-refractivity contribution in [2.24, 2.45) is 0 Å². The highest BCUT2D eigenvalue weighted by molar-refractivity contribution is 7.82. The van der Waals surface area contributed by atoms with Crippen molar-refractivity contribution in [2.75, 3.05) is 54.6 Å². The minimum absolute atomic E-state index is 0.00520. The first-order valence-corrected chi connectivity index (χ1v) is 12.7. The molecule has 186 valence electrons. The molecule has 0 spiro atoms. The van der Waals surface area contributed by atoms with Crippen LogP contribution < -0.4 is 4.74 Å². The monoisotopic (exact) mass is 487 g/mol. The number of hydrogen-bond acceptors (Lipinski definition) is 5. The van der Waals surface area contributed by atoms with Crippen molar-refractivity contribution in [3.63, 3.8) is 0 Å². The van der Waals surface area contributed by atoms with Gasteiger partial charge >= 0.3 is 0 Å². The van der Waals surface area contributed by atoms with Gasteiger partial charge in [0.1, 0.15) is 23.3 Å². The molecule has 2 aromatic rings. The highest BCUT2D eigenvalue weighted by Crippen LogP contribution is 2.25. The molecule has 0 aromatic heterocycles. The van der Waals surface area contributed by atoms with E-state index in [1.807, 2.05) is 26.0 Å². The first kappa shape index (κ1) is 26.3. The van der Waals surface area contributed by atoms with Crippen LogP contribution in [0.1, 0.15) is 27.8 Å². The number of carbonyl (C=O) groups excluding carboxylic acids is 1. The van der Waals surface area contributed by atoms with E-state index in [2.05, 4.69) is 30.1 Å². The summed E-state index contributed by atoms with van der Waals surface area (Å²) in [6, 6.07) is 10.3. The third-order valence-electron chi connectivity index (χ3n) is 6.22. The maximum Gasteiger partial charge on any atom is 0.248 e. The van der Waals surface area contributed by atoms with E-state index < -0.39 is 11.0 Å². The van der Waals surface area contributed by atoms with Crippen molar-refractivity contribution >= 4 is 16.9 Å². The SMILES string of the molecule is COc1cc(C)c(S(=O)N(C)CCOCC(=O)N(C)Cc2ccc3c(c2)CN(C)CC3)c(C)c1. The van der Waals surface area contributed by atoms with Crippen LogP contribution >= 0.6 is 0 Å². The number of amides is 1. The van der Waals surface area contributed by atoms with Gasteiger partial charge in [0.25, 0.3) is 0 Å². The molecule has 0 bridgehead atoms. The standard InChI is InChI=1S/C26H37N3O4S/c1-19-13-24(32-6)14-20(2)26(19)34(31)29(5)11-12-33-18-25(30)28(4)16-21-7-8-22-9-10-27(3)17-23(22)15-21/h7-8,13-15H,9-12,16-18H2,1-6H3. The maximum atomic E-state index is 13.0. The number of ether oxygens (including phenoxy) is 2. The highest BCUT2D eigenvalue weighted by atomic mass is 32.2. The van der Waals surface area contributed by atoms with Gasteiger partial charge in [0.05, 0.1) is 18.6 Å². The molecule has 0 N–H and O–H groups in total. The fraction of sp³-hybridized carbons (Fsp3) is 0.500. The Bertz CT molecular complexity index is 1020. The van der Waals surface area contributed by atoms with Crippen LogP contribution in [0.4, 0.5) is 0 Å². The number of rotatable bonds is 10. The van der Waals surface area contributed by atoms with Gasteiger partial charge in [-0.05, 0) is 67.3 Å². The highest BCUT2D eigenvalue weighted by Gasteiger charge is 2.18. The summed E-state index contributed by atoms with van der Waals surface area (Å²) >= 11 is 0. The number of nitrogens with zero attached hydrogens (tertiary/aromatic N) is 3. The number of methoxy groups -OCH3 is 1. The lowest BCUT2D eigenvalue weighted by atomic mass is 9.97. The Hall–Kier alpha value is -2.26. The number of carbonyl (C=O) groups is 1. The quantitative estimate of drug-likeness (QED) is 0.482. The van der Waals surface area contributed by atoms with Crippen molar-refractivity contribution in [1.82, 2.24) is 14.1 Å². The molecule has 2 aromatic carbocycles. The summed E-state index contributed by atoms with van der Waals surface area (Å²) in [5, 5.41) is 0. The number of likely N-dealkylation sites (N-methyl/N-ethyl adjacent to an activating group) is 3. The van der Waals surface area contributed by atoms with E-state index in [9.17, 15) is 9.00 Å². The number of fused-ring (bicyclic) bond motifs is 1. The molecule has 0 saturated heterocycles. The molecule has 34 heavy (non-hydrogen) atoms. The van der Waals surface area contributed by atoms with Gasteiger partial charge < -0.3 is 19.3 Å². The predicted octanol–water partition coefficient (Wildman–Crippen LogP) is 2.93. The molecule has 0 fully saturated rings. The van der Waals surface area contributed by atoms with Gasteiger partial charge in [-0.25, -0.2) is 8.51 Å². The fourth-order valence-corrected chi connectivity index (χ4v) is 5.44. The Labute approximate surface area is 206 Å². The van der Waals surface area contributed by atoms with Crippen LogP contribution in [0.2, 0.25) is 0 Å². The largest absolute Gasteiger partial charge is 0.497 e. The fourth-order valence-electron chi connectivity index (χ4n) is 4.22. The molecule has 8 heteroatoms. The molecular formula is C26H37N3O4S. The first-order chi connectivity index (χ1) is 16.2. The molecule has 1 unspecified atom stereocenters. The Morgan fingerprint density at radius 3 is 2.50 bits per heavy atom. The van der Waals surface area contributed by atoms with Crippen LogP contribution in [-0.2, 0) is 40.0 Å². The van der Waals surface area contributed by atoms with Crippen LogP contribution in [-0.4, -0.2) is 78.8 Å². The average molecular weight is 488 g/mol. The van der Waals surface area contributed by atoms with Crippen LogP contribution in [0.25, 0.3) is 0 Å². The molecule has 1 atom stereocenters. The van der Waals surface area contributed by atoms with Gasteiger partial charge in [-0.15, -0.1) is 0 Å². The number of benzene rings is 2. The van der Waals surface area contributed by atoms with E-state index in [1.54, 1.807) is 30.4 Å². The van der Waals surface area contributed by atoms with Gasteiger partial charge in [0.2, 0.25) is 5.91 Å². The lowest BCUT2D eigenvalue weighted by Crippen LogP contribution is -2.32. The topological polar surface area (TPSA) is 62.3 Å². The van der Waals surface area contributed by atoms with Gasteiger partial charge in [-0.2, -0.15) is 0 Å². The summed E-state index contributed by atoms with van der Waals surface area (Å²) in [5.41, 5.74) is 5.73. The minimum Gasteiger partial charge on any atom is -0.497 e. The molecule has 0 radical (unpaired) electrons. The van der Waals surface area contributed by atoms with E-state index in [0.29, 0.717) is 19.7 Å². The third-order valence-corrected chi connectivity index (χ3v) is 7.96. The second-order valence-electron chi connectivity index (χ2n) is 9.08. The summed E-state index contributed by atoms with van der Waals surface area (Å²) in [5.74, 6) is 0.688. The minimum atomic E-state index is -1.32. The second kappa shape index (κ2) is 11.9. The van der Waals surface area contributed by atoms with E-state index in [1.165, 1.54) is 11.1 Å². The zero-order valence-electron chi connectivity index (χ0n) is 21.2. The van der Waals surface area contributed by atoms with Gasteiger partial charge in [0.15, 0.2) is 0 Å². The third kappa shape index (κ3) is 6.66. The van der Waals surface area contributed by atoms with Gasteiger partial charge in [0, 0.05) is 40.3 Å². The molecular weight excluding hydrogens is 450 g/mol. The molecule has 0 aliphatic carbocycles. The molecule has 1 aliphatic rings. The average Bonchev–Trinajstić information content (AvgIpc) is 2.80. The molecule has 7 nitrogen and oxygen atoms in total. The van der Waals surface area contributed by atoms with Crippen LogP contribution in [0.5, 0.6) is 5.75 Å². The van der Waals surface area contributed by atoms with Crippen LogP contribution in [0.3, 0.4) is 0 Å². The molecule has 1 aliphatic heterocycles. The van der Waals surface area contributed by atoms with Crippen molar-refractivity contribution in [2.45, 2.75) is 38.3 Å². The predicted molar refractivity (Wildman–Crippen MR) is 135 cm³/mol. The van der Waals surface area contributed by atoms with Gasteiger partial charge in [-0.1, -0.05) is 18.2 Å². The Morgan fingerprint density at radius 1 is 1.12 bits per heavy atom. The molecule has 3 rings (SSSR count). The summed E-state index contributed by atoms with van der Waals surface area (Å²) < 4.78 is 25.7. The summed E-state index contributed by atoms with van der Waals surface area (Å²) in [6.07, 6.45) is 1.07. The maximum absolute atomic E-state index is 13.0. The summed E-state index contributed by atoms with van der Waals surface area (Å²) in [4.78, 5) is 17.3. The molecule has 1 amide bonds. The van der Waals surface area contributed by atoms with E-state index >= 15 is 0 Å². The lowest BCUT2D eigenvalue weighted by molar-refractivity contribution is -0.135. The van der Waals surface area contributed by atoms with Crippen molar-refractivity contribution < 1.29 is 18.5 Å². The van der Waals surface area contributed by atoms with Crippen molar-refractivity contribution in [3.8, 4) is 5.75 Å². The van der Waals surface area contributed by atoms with Crippen LogP contribution in [0, 0.1) is 13.8 Å². The van der Waals surface area contributed by atoms with E-state index in [-0.39, 0.29) is 12.5 Å². The van der Waals surface area contributed by atoms with Gasteiger partial charge in [-0.3, -0.25) is 4.79 Å². The number of aryl methyl sites for hydroxylation is 2. The normalized spacial score (nSPS) is 14.7. The molecule has 1 heterocycles. The van der Waals surface area contributed by atoms with E-state index in [0.717, 1.165) is 46.8 Å². The Kier molecular flexibility index (Phi) is 9.24. The van der Waals surface area contributed by atoms with Crippen LogP contribution in [0.15, 0.2) is 35.2 Å². The van der Waals surface area contributed by atoms with Crippen molar-refractivity contribution in [1.29, 1.82) is 0 Å². The Morgan fingerprint density at radius 2 is 1.82 bits per heavy atom.